The van der Waals surface area contributed by atoms with E-state index in [1.807, 2.05) is 4.90 Å². The van der Waals surface area contributed by atoms with Crippen molar-refractivity contribution in [3.05, 3.63) is 36.3 Å². The van der Waals surface area contributed by atoms with Crippen molar-refractivity contribution < 1.29 is 13.5 Å². The van der Waals surface area contributed by atoms with Crippen LogP contribution in [-0.4, -0.2) is 58.5 Å². The van der Waals surface area contributed by atoms with Crippen molar-refractivity contribution in [2.75, 3.05) is 30.3 Å². The third kappa shape index (κ3) is 4.79. The standard InChI is InChI=1S/C21H26N6O3S/c1-21(2,28)16-11-24-20(25-12-16)27-10-9-26(14-17(27)6-5-15-3-4-15)31(29,30)18-7-8-19(22)23-13-18/h7-8,11-13,15,17,28H,3-4,9-10,14H2,1-2H3,(H2,22,23). The molecule has 10 heteroatoms. The zero-order chi connectivity index (χ0) is 22.2. The van der Waals surface area contributed by atoms with Crippen molar-refractivity contribution in [3.63, 3.8) is 0 Å². The van der Waals surface area contributed by atoms with Crippen LogP contribution in [0.2, 0.25) is 0 Å². The lowest BCUT2D eigenvalue weighted by Crippen LogP contribution is -2.54. The Hall–Kier alpha value is -2.74. The largest absolute Gasteiger partial charge is 0.386 e. The van der Waals surface area contributed by atoms with E-state index in [1.54, 1.807) is 26.2 Å². The fourth-order valence-electron chi connectivity index (χ4n) is 3.26. The number of aliphatic hydroxyl groups is 1. The van der Waals surface area contributed by atoms with E-state index in [1.165, 1.54) is 22.6 Å². The van der Waals surface area contributed by atoms with Crippen LogP contribution in [-0.2, 0) is 15.6 Å². The van der Waals surface area contributed by atoms with Crippen molar-refractivity contribution in [3.8, 4) is 11.8 Å². The van der Waals surface area contributed by atoms with Gasteiger partial charge in [0.25, 0.3) is 0 Å². The van der Waals surface area contributed by atoms with Gasteiger partial charge < -0.3 is 15.7 Å². The van der Waals surface area contributed by atoms with Gasteiger partial charge in [-0.2, -0.15) is 4.31 Å². The van der Waals surface area contributed by atoms with E-state index in [0.717, 1.165) is 12.8 Å². The highest BCUT2D eigenvalue weighted by atomic mass is 32.2. The molecule has 0 spiro atoms. The molecule has 1 atom stereocenters. The Morgan fingerprint density at radius 1 is 1.10 bits per heavy atom. The van der Waals surface area contributed by atoms with Gasteiger partial charge in [-0.05, 0) is 38.8 Å². The van der Waals surface area contributed by atoms with Crippen LogP contribution in [0.4, 0.5) is 11.8 Å². The maximum absolute atomic E-state index is 13.1. The highest BCUT2D eigenvalue weighted by Gasteiger charge is 2.35. The summed E-state index contributed by atoms with van der Waals surface area (Å²) in [6.45, 7) is 4.21. The fraction of sp³-hybridized carbons (Fsp3) is 0.476. The summed E-state index contributed by atoms with van der Waals surface area (Å²) in [5.41, 5.74) is 5.16. The quantitative estimate of drug-likeness (QED) is 0.671. The Labute approximate surface area is 182 Å². The number of piperazine rings is 1. The summed E-state index contributed by atoms with van der Waals surface area (Å²) in [4.78, 5) is 14.8. The molecule has 1 aliphatic heterocycles. The van der Waals surface area contributed by atoms with Crippen LogP contribution in [0.25, 0.3) is 0 Å². The minimum atomic E-state index is -3.72. The monoisotopic (exact) mass is 442 g/mol. The summed E-state index contributed by atoms with van der Waals surface area (Å²) in [5, 5.41) is 10.1. The second kappa shape index (κ2) is 8.07. The van der Waals surface area contributed by atoms with Crippen LogP contribution in [0.1, 0.15) is 32.3 Å². The first-order valence-corrected chi connectivity index (χ1v) is 11.6. The van der Waals surface area contributed by atoms with Crippen LogP contribution in [0, 0.1) is 17.8 Å². The molecule has 0 amide bonds. The number of hydrogen-bond acceptors (Lipinski definition) is 8. The second-order valence-corrected chi connectivity index (χ2v) is 10.3. The van der Waals surface area contributed by atoms with Gasteiger partial charge in [-0.1, -0.05) is 11.8 Å². The predicted molar refractivity (Wildman–Crippen MR) is 116 cm³/mol. The Balaban J connectivity index is 1.59. The number of sulfonamides is 1. The van der Waals surface area contributed by atoms with Gasteiger partial charge in [-0.15, -0.1) is 0 Å². The summed E-state index contributed by atoms with van der Waals surface area (Å²) in [6, 6.07) is 2.57. The van der Waals surface area contributed by atoms with Crippen molar-refractivity contribution in [1.29, 1.82) is 0 Å². The molecule has 2 fully saturated rings. The zero-order valence-electron chi connectivity index (χ0n) is 17.6. The van der Waals surface area contributed by atoms with E-state index in [0.29, 0.717) is 24.0 Å². The van der Waals surface area contributed by atoms with Crippen LogP contribution in [0.5, 0.6) is 0 Å². The number of anilines is 2. The summed E-state index contributed by atoms with van der Waals surface area (Å²) < 4.78 is 27.6. The van der Waals surface area contributed by atoms with E-state index in [4.69, 9.17) is 5.73 Å². The fourth-order valence-corrected chi connectivity index (χ4v) is 4.64. The highest BCUT2D eigenvalue weighted by Crippen LogP contribution is 2.28. The van der Waals surface area contributed by atoms with Crippen molar-refractivity contribution in [1.82, 2.24) is 19.3 Å². The van der Waals surface area contributed by atoms with Crippen LogP contribution in [0.15, 0.2) is 35.6 Å². The minimum absolute atomic E-state index is 0.106. The molecule has 2 aromatic heterocycles. The lowest BCUT2D eigenvalue weighted by molar-refractivity contribution is 0.0778. The molecule has 3 heterocycles. The molecule has 9 nitrogen and oxygen atoms in total. The van der Waals surface area contributed by atoms with E-state index in [9.17, 15) is 13.5 Å². The van der Waals surface area contributed by atoms with Gasteiger partial charge in [-0.25, -0.2) is 23.4 Å². The second-order valence-electron chi connectivity index (χ2n) is 8.38. The molecule has 31 heavy (non-hydrogen) atoms. The third-order valence-corrected chi connectivity index (χ3v) is 7.22. The van der Waals surface area contributed by atoms with Gasteiger partial charge in [-0.3, -0.25) is 0 Å². The molecular formula is C21H26N6O3S. The van der Waals surface area contributed by atoms with Gasteiger partial charge in [0.15, 0.2) is 0 Å². The van der Waals surface area contributed by atoms with Gasteiger partial charge in [0, 0.05) is 49.7 Å². The van der Waals surface area contributed by atoms with Crippen LogP contribution >= 0.6 is 0 Å². The highest BCUT2D eigenvalue weighted by molar-refractivity contribution is 7.89. The molecule has 1 saturated heterocycles. The molecule has 3 N–H and O–H groups in total. The molecular weight excluding hydrogens is 416 g/mol. The molecule has 1 aliphatic carbocycles. The Kier molecular flexibility index (Phi) is 5.60. The van der Waals surface area contributed by atoms with Crippen molar-refractivity contribution >= 4 is 21.8 Å². The average molecular weight is 443 g/mol. The first-order valence-electron chi connectivity index (χ1n) is 10.2. The predicted octanol–water partition coefficient (Wildman–Crippen LogP) is 0.974. The number of nitrogen functional groups attached to an aromatic ring is 1. The van der Waals surface area contributed by atoms with Gasteiger partial charge in [0.2, 0.25) is 16.0 Å². The average Bonchev–Trinajstić information content (AvgIpc) is 3.56. The molecule has 0 aromatic carbocycles. The molecule has 4 rings (SSSR count). The lowest BCUT2D eigenvalue weighted by atomic mass is 10.0. The number of pyridine rings is 1. The first kappa shape index (κ1) is 21.5. The Morgan fingerprint density at radius 3 is 2.39 bits per heavy atom. The summed E-state index contributed by atoms with van der Waals surface area (Å²) in [6.07, 6.45) is 6.62. The van der Waals surface area contributed by atoms with Gasteiger partial charge >= 0.3 is 0 Å². The molecule has 1 saturated carbocycles. The smallest absolute Gasteiger partial charge is 0.244 e. The maximum Gasteiger partial charge on any atom is 0.244 e. The molecule has 0 radical (unpaired) electrons. The SMILES string of the molecule is CC(C)(O)c1cnc(N2CCN(S(=O)(=O)c3ccc(N)nc3)CC2C#CC2CC2)nc1. The number of hydrogen-bond donors (Lipinski definition) is 2. The zero-order valence-corrected chi connectivity index (χ0v) is 18.4. The van der Waals surface area contributed by atoms with Crippen molar-refractivity contribution in [2.45, 2.75) is 43.2 Å². The summed E-state index contributed by atoms with van der Waals surface area (Å²) >= 11 is 0. The first-order chi connectivity index (χ1) is 14.6. The number of aromatic nitrogens is 3. The van der Waals surface area contributed by atoms with Crippen molar-refractivity contribution in [2.24, 2.45) is 5.92 Å². The van der Waals surface area contributed by atoms with E-state index < -0.39 is 15.6 Å². The summed E-state index contributed by atoms with van der Waals surface area (Å²) in [7, 11) is -3.72. The van der Waals surface area contributed by atoms with Gasteiger partial charge in [0.05, 0.1) is 5.60 Å². The molecule has 0 bridgehead atoms. The molecule has 2 aromatic rings. The van der Waals surface area contributed by atoms with Crippen LogP contribution in [0.3, 0.4) is 0 Å². The number of nitrogens with zero attached hydrogens (tertiary/aromatic N) is 5. The maximum atomic E-state index is 13.1. The van der Waals surface area contributed by atoms with E-state index in [2.05, 4.69) is 26.8 Å². The number of rotatable bonds is 4. The molecule has 164 valence electrons. The Morgan fingerprint density at radius 2 is 1.81 bits per heavy atom. The van der Waals surface area contributed by atoms with Crippen LogP contribution < -0.4 is 10.6 Å². The Bertz CT molecular complexity index is 1100. The van der Waals surface area contributed by atoms with Gasteiger partial charge in [0.1, 0.15) is 16.8 Å². The minimum Gasteiger partial charge on any atom is -0.386 e. The van der Waals surface area contributed by atoms with E-state index in [-0.39, 0.29) is 29.8 Å². The molecule has 2 aliphatic rings. The number of nitrogens with two attached hydrogens (primary N) is 1. The summed E-state index contributed by atoms with van der Waals surface area (Å²) in [5.74, 6) is 7.60. The third-order valence-electron chi connectivity index (χ3n) is 5.37. The van der Waals surface area contributed by atoms with E-state index >= 15 is 0 Å². The molecule has 1 unspecified atom stereocenters. The lowest BCUT2D eigenvalue weighted by Gasteiger charge is -2.38. The normalized spacial score (nSPS) is 20.2. The topological polar surface area (TPSA) is 126 Å².